The molecule has 0 aliphatic carbocycles. The van der Waals surface area contributed by atoms with Crippen LogP contribution in [0.25, 0.3) is 0 Å². The number of nitrogens with one attached hydrogen (secondary N) is 2. The Hall–Kier alpha value is -2.12. The van der Waals surface area contributed by atoms with E-state index in [-0.39, 0.29) is 0 Å². The molecule has 0 radical (unpaired) electrons. The third-order valence-corrected chi connectivity index (χ3v) is 0.642. The van der Waals surface area contributed by atoms with Gasteiger partial charge in [0.1, 0.15) is 0 Å². The van der Waals surface area contributed by atoms with Gasteiger partial charge in [-0.25, -0.2) is 19.7 Å². The Morgan fingerprint density at radius 2 is 1.42 bits per heavy atom. The van der Waals surface area contributed by atoms with Gasteiger partial charge in [0.05, 0.1) is 0 Å². The maximum absolute atomic E-state index is 10.3. The van der Waals surface area contributed by atoms with E-state index in [1.165, 1.54) is 10.6 Å². The molecule has 0 atom stereocenters. The smallest absolute Gasteiger partial charge is 0.412 e. The van der Waals surface area contributed by atoms with Gasteiger partial charge >= 0.3 is 24.0 Å². The maximum Gasteiger partial charge on any atom is 0.412 e. The van der Waals surface area contributed by atoms with Crippen LogP contribution < -0.4 is 10.6 Å². The van der Waals surface area contributed by atoms with Gasteiger partial charge in [0.2, 0.25) is 0 Å². The Bertz CT molecular complexity index is 246. The number of carbonyl (C=O) groups is 4. The van der Waals surface area contributed by atoms with Crippen LogP contribution in [0, 0.1) is 0 Å². The van der Waals surface area contributed by atoms with Gasteiger partial charge in [0.25, 0.3) is 0 Å². The highest BCUT2D eigenvalue weighted by molar-refractivity contribution is 6.34. The minimum atomic E-state index is -1.88. The van der Waals surface area contributed by atoms with Crippen LogP contribution in [0.4, 0.5) is 9.59 Å². The van der Waals surface area contributed by atoms with E-state index < -0.39 is 24.0 Å². The lowest BCUT2D eigenvalue weighted by Crippen LogP contribution is -2.44. The number of hydrogen-bond acceptors (Lipinski definition) is 4. The lowest BCUT2D eigenvalue weighted by atomic mass is 10.6. The molecule has 0 aliphatic heterocycles. The molecule has 8 nitrogen and oxygen atoms in total. The van der Waals surface area contributed by atoms with Crippen molar-refractivity contribution in [2.24, 2.45) is 0 Å². The van der Waals surface area contributed by atoms with Crippen molar-refractivity contribution in [3.05, 3.63) is 0 Å². The SMILES string of the molecule is O=C(O)NC(=O)NC(=O)C(=O)O. The molecule has 66 valence electrons. The van der Waals surface area contributed by atoms with Crippen molar-refractivity contribution in [2.45, 2.75) is 0 Å². The van der Waals surface area contributed by atoms with E-state index in [1.54, 1.807) is 0 Å². The monoisotopic (exact) mass is 176 g/mol. The molecule has 0 saturated carbocycles. The first-order valence-electron chi connectivity index (χ1n) is 2.51. The summed E-state index contributed by atoms with van der Waals surface area (Å²) in [4.78, 5) is 40.0. The summed E-state index contributed by atoms with van der Waals surface area (Å²) in [6.45, 7) is 0. The lowest BCUT2D eigenvalue weighted by molar-refractivity contribution is -0.149. The zero-order valence-corrected chi connectivity index (χ0v) is 5.53. The van der Waals surface area contributed by atoms with Gasteiger partial charge in [-0.05, 0) is 0 Å². The fourth-order valence-corrected chi connectivity index (χ4v) is 0.285. The van der Waals surface area contributed by atoms with Crippen molar-refractivity contribution < 1.29 is 29.4 Å². The predicted molar refractivity (Wildman–Crippen MR) is 32.3 cm³/mol. The normalized spacial score (nSPS) is 8.33. The molecule has 8 heteroatoms. The highest BCUT2D eigenvalue weighted by Crippen LogP contribution is 1.69. The standard InChI is InChI=1S/C4H4N2O6/c7-1(2(8)9)5-3(10)6-4(11)12/h(H,8,9)(H,11,12)(H2,5,6,7,10). The van der Waals surface area contributed by atoms with Gasteiger partial charge < -0.3 is 10.2 Å². The molecule has 0 fully saturated rings. The number of carboxylic acid groups (broad SMARTS) is 2. The Labute approximate surface area is 65.2 Å². The zero-order chi connectivity index (χ0) is 9.72. The molecule has 0 aromatic heterocycles. The number of carbonyl (C=O) groups excluding carboxylic acids is 2. The van der Waals surface area contributed by atoms with E-state index in [0.717, 1.165) is 0 Å². The number of hydrogen-bond donors (Lipinski definition) is 4. The molecular formula is C4H4N2O6. The highest BCUT2D eigenvalue weighted by Gasteiger charge is 2.15. The second-order valence-corrected chi connectivity index (χ2v) is 1.52. The van der Waals surface area contributed by atoms with Crippen molar-refractivity contribution >= 4 is 24.0 Å². The van der Waals surface area contributed by atoms with E-state index in [1.807, 2.05) is 0 Å². The molecule has 0 saturated heterocycles. The van der Waals surface area contributed by atoms with E-state index in [0.29, 0.717) is 0 Å². The summed E-state index contributed by atoms with van der Waals surface area (Å²) in [5.74, 6) is -3.48. The molecule has 0 aromatic carbocycles. The Morgan fingerprint density at radius 3 is 1.75 bits per heavy atom. The van der Waals surface area contributed by atoms with Crippen molar-refractivity contribution in [1.82, 2.24) is 10.6 Å². The minimum Gasteiger partial charge on any atom is -0.474 e. The molecule has 0 heterocycles. The molecule has 0 rings (SSSR count). The maximum atomic E-state index is 10.3. The number of urea groups is 1. The highest BCUT2D eigenvalue weighted by atomic mass is 16.4. The summed E-state index contributed by atoms with van der Waals surface area (Å²) in [5, 5.41) is 18.3. The minimum absolute atomic E-state index is 1.21. The Balaban J connectivity index is 3.94. The van der Waals surface area contributed by atoms with Crippen LogP contribution in [-0.4, -0.2) is 34.2 Å². The number of carboxylic acids is 1. The van der Waals surface area contributed by atoms with Crippen LogP contribution in [-0.2, 0) is 9.59 Å². The van der Waals surface area contributed by atoms with Crippen LogP contribution in [0.1, 0.15) is 0 Å². The fourth-order valence-electron chi connectivity index (χ4n) is 0.285. The van der Waals surface area contributed by atoms with Gasteiger partial charge in [-0.2, -0.15) is 0 Å². The summed E-state index contributed by atoms with van der Waals surface area (Å²) < 4.78 is 0. The fraction of sp³-hybridized carbons (Fsp3) is 0. The van der Waals surface area contributed by atoms with Gasteiger partial charge in [0, 0.05) is 0 Å². The first-order chi connectivity index (χ1) is 5.43. The Kier molecular flexibility index (Phi) is 3.22. The molecule has 0 spiro atoms. The number of rotatable bonds is 0. The molecule has 0 bridgehead atoms. The van der Waals surface area contributed by atoms with E-state index in [4.69, 9.17) is 10.2 Å². The van der Waals surface area contributed by atoms with Crippen LogP contribution in [0.5, 0.6) is 0 Å². The first kappa shape index (κ1) is 9.88. The van der Waals surface area contributed by atoms with Crippen LogP contribution >= 0.6 is 0 Å². The first-order valence-corrected chi connectivity index (χ1v) is 2.51. The van der Waals surface area contributed by atoms with Crippen molar-refractivity contribution in [3.8, 4) is 0 Å². The van der Waals surface area contributed by atoms with Gasteiger partial charge in [-0.3, -0.25) is 10.1 Å². The molecule has 4 amide bonds. The molecule has 4 N–H and O–H groups in total. The molecule has 12 heavy (non-hydrogen) atoms. The summed E-state index contributed by atoms with van der Waals surface area (Å²) in [6.07, 6.45) is -1.69. The lowest BCUT2D eigenvalue weighted by Gasteiger charge is -1.97. The molecule has 0 unspecified atom stereocenters. The van der Waals surface area contributed by atoms with Crippen molar-refractivity contribution in [3.63, 3.8) is 0 Å². The van der Waals surface area contributed by atoms with E-state index in [9.17, 15) is 19.2 Å². The quantitative estimate of drug-likeness (QED) is 0.334. The Morgan fingerprint density at radius 1 is 0.917 bits per heavy atom. The second kappa shape index (κ2) is 3.91. The van der Waals surface area contributed by atoms with E-state index >= 15 is 0 Å². The summed E-state index contributed by atoms with van der Waals surface area (Å²) in [6, 6.07) is -1.41. The van der Waals surface area contributed by atoms with Crippen molar-refractivity contribution in [1.29, 1.82) is 0 Å². The molecule has 0 aliphatic rings. The third-order valence-electron chi connectivity index (χ3n) is 0.642. The van der Waals surface area contributed by atoms with Crippen LogP contribution in [0.2, 0.25) is 0 Å². The average Bonchev–Trinajstić information content (AvgIpc) is 1.84. The van der Waals surface area contributed by atoms with Crippen LogP contribution in [0.3, 0.4) is 0 Å². The summed E-state index contributed by atoms with van der Waals surface area (Å²) >= 11 is 0. The number of amides is 4. The van der Waals surface area contributed by atoms with Crippen LogP contribution in [0.15, 0.2) is 0 Å². The van der Waals surface area contributed by atoms with Gasteiger partial charge in [-0.15, -0.1) is 0 Å². The number of imide groups is 2. The topological polar surface area (TPSA) is 133 Å². The van der Waals surface area contributed by atoms with Gasteiger partial charge in [0.15, 0.2) is 0 Å². The van der Waals surface area contributed by atoms with E-state index in [2.05, 4.69) is 0 Å². The van der Waals surface area contributed by atoms with Gasteiger partial charge in [-0.1, -0.05) is 0 Å². The zero-order valence-electron chi connectivity index (χ0n) is 5.53. The third kappa shape index (κ3) is 3.82. The second-order valence-electron chi connectivity index (χ2n) is 1.52. The summed E-state index contributed by atoms with van der Waals surface area (Å²) in [7, 11) is 0. The molecule has 0 aromatic rings. The molecular weight excluding hydrogens is 172 g/mol. The summed E-state index contributed by atoms with van der Waals surface area (Å²) in [5.41, 5.74) is 0. The number of aliphatic carboxylic acids is 1. The average molecular weight is 176 g/mol. The predicted octanol–water partition coefficient (Wildman–Crippen LogP) is -1.43. The van der Waals surface area contributed by atoms with Crippen molar-refractivity contribution in [2.75, 3.05) is 0 Å². The largest absolute Gasteiger partial charge is 0.474 e.